The third-order valence-electron chi connectivity index (χ3n) is 5.16. The van der Waals surface area contributed by atoms with Gasteiger partial charge in [0.1, 0.15) is 11.6 Å². The summed E-state index contributed by atoms with van der Waals surface area (Å²) in [6, 6.07) is 18.4. The van der Waals surface area contributed by atoms with Crippen molar-refractivity contribution in [1.82, 2.24) is 9.97 Å². The van der Waals surface area contributed by atoms with Crippen LogP contribution in [0.15, 0.2) is 60.8 Å². The summed E-state index contributed by atoms with van der Waals surface area (Å²) < 4.78 is 0. The Morgan fingerprint density at radius 2 is 1.86 bits per heavy atom. The number of nitrogens with zero attached hydrogens (tertiary/aromatic N) is 3. The molecule has 0 aliphatic carbocycles. The van der Waals surface area contributed by atoms with Crippen molar-refractivity contribution < 1.29 is 4.79 Å². The largest absolute Gasteiger partial charge is 0.357 e. The summed E-state index contributed by atoms with van der Waals surface area (Å²) >= 11 is 6.32. The topological polar surface area (TPSA) is 58.1 Å². The van der Waals surface area contributed by atoms with E-state index in [2.05, 4.69) is 45.5 Å². The van der Waals surface area contributed by atoms with E-state index in [9.17, 15) is 4.79 Å². The minimum Gasteiger partial charge on any atom is -0.357 e. The summed E-state index contributed by atoms with van der Waals surface area (Å²) in [5, 5.41) is 3.06. The van der Waals surface area contributed by atoms with Gasteiger partial charge in [-0.25, -0.2) is 9.97 Å². The van der Waals surface area contributed by atoms with Crippen molar-refractivity contribution in [2.75, 3.05) is 23.3 Å². The van der Waals surface area contributed by atoms with E-state index in [-0.39, 0.29) is 0 Å². The summed E-state index contributed by atoms with van der Waals surface area (Å²) in [6.45, 7) is 1.94. The van der Waals surface area contributed by atoms with Gasteiger partial charge < -0.3 is 10.2 Å². The lowest BCUT2D eigenvalue weighted by molar-refractivity contribution is -0.105. The number of anilines is 2. The molecule has 0 unspecified atom stereocenters. The normalized spacial score (nSPS) is 14.7. The molecule has 1 aromatic carbocycles. The van der Waals surface area contributed by atoms with E-state index in [0.29, 0.717) is 23.2 Å². The molecule has 1 aliphatic rings. The number of amides is 1. The molecule has 6 heteroatoms. The van der Waals surface area contributed by atoms with Gasteiger partial charge in [-0.15, -0.1) is 0 Å². The highest BCUT2D eigenvalue weighted by Gasteiger charge is 2.21. The fraction of sp³-hybridized carbons (Fsp3) is 0.227. The van der Waals surface area contributed by atoms with Crippen molar-refractivity contribution in [3.05, 3.63) is 71.4 Å². The Morgan fingerprint density at radius 1 is 1.07 bits per heavy atom. The summed E-state index contributed by atoms with van der Waals surface area (Å²) in [4.78, 5) is 21.9. The molecule has 0 saturated carbocycles. The number of pyridine rings is 2. The number of halogens is 1. The molecule has 1 amide bonds. The number of carbonyl (C=O) groups excluding carboxylic acids is 1. The molecule has 5 nitrogen and oxygen atoms in total. The van der Waals surface area contributed by atoms with E-state index in [4.69, 9.17) is 16.6 Å². The van der Waals surface area contributed by atoms with Crippen LogP contribution in [0.3, 0.4) is 0 Å². The molecule has 1 N–H and O–H groups in total. The Balaban J connectivity index is 1.52. The van der Waals surface area contributed by atoms with Gasteiger partial charge in [0.15, 0.2) is 0 Å². The molecule has 1 saturated heterocycles. The van der Waals surface area contributed by atoms with E-state index >= 15 is 0 Å². The van der Waals surface area contributed by atoms with E-state index < -0.39 is 0 Å². The number of aromatic nitrogens is 2. The quantitative estimate of drug-likeness (QED) is 0.636. The second kappa shape index (κ2) is 8.40. The molecule has 1 fully saturated rings. The Kier molecular flexibility index (Phi) is 5.53. The third kappa shape index (κ3) is 3.99. The number of hydrogen-bond donors (Lipinski definition) is 1. The Hall–Kier alpha value is -2.92. The number of piperidine rings is 1. The minimum atomic E-state index is 0.449. The first-order valence-electron chi connectivity index (χ1n) is 9.37. The maximum absolute atomic E-state index is 10.7. The van der Waals surface area contributed by atoms with Crippen molar-refractivity contribution in [2.24, 2.45) is 0 Å². The zero-order valence-electron chi connectivity index (χ0n) is 15.4. The first kappa shape index (κ1) is 18.4. The summed E-state index contributed by atoms with van der Waals surface area (Å²) in [6.07, 6.45) is 4.35. The smallest absolute Gasteiger partial charge is 0.212 e. The van der Waals surface area contributed by atoms with Crippen LogP contribution < -0.4 is 10.2 Å². The highest BCUT2D eigenvalue weighted by atomic mass is 35.5. The molecule has 0 atom stereocenters. The number of rotatable bonds is 5. The van der Waals surface area contributed by atoms with Gasteiger partial charge in [-0.1, -0.05) is 48.0 Å². The van der Waals surface area contributed by atoms with E-state index in [1.807, 2.05) is 18.2 Å². The predicted octanol–water partition coefficient (Wildman–Crippen LogP) is 4.75. The maximum atomic E-state index is 10.7. The SMILES string of the molecule is O=CNc1cc(-c2cccc(N3CCC(c4ccccc4)CC3)n2)c(Cl)cn1. The molecule has 1 aliphatic heterocycles. The highest BCUT2D eigenvalue weighted by Crippen LogP contribution is 2.32. The van der Waals surface area contributed by atoms with E-state index in [1.54, 1.807) is 6.07 Å². The van der Waals surface area contributed by atoms with Crippen LogP contribution in [-0.2, 0) is 4.79 Å². The lowest BCUT2D eigenvalue weighted by atomic mass is 9.89. The second-order valence-electron chi connectivity index (χ2n) is 6.86. The average molecular weight is 393 g/mol. The monoisotopic (exact) mass is 392 g/mol. The Morgan fingerprint density at radius 3 is 2.61 bits per heavy atom. The summed E-state index contributed by atoms with van der Waals surface area (Å²) in [7, 11) is 0. The van der Waals surface area contributed by atoms with Crippen molar-refractivity contribution in [3.8, 4) is 11.3 Å². The van der Waals surface area contributed by atoms with Crippen LogP contribution in [0.25, 0.3) is 11.3 Å². The summed E-state index contributed by atoms with van der Waals surface area (Å²) in [5.41, 5.74) is 2.94. The molecule has 0 spiro atoms. The lowest BCUT2D eigenvalue weighted by Crippen LogP contribution is -2.33. The fourth-order valence-corrected chi connectivity index (χ4v) is 3.89. The Bertz CT molecular complexity index is 956. The first-order chi connectivity index (χ1) is 13.7. The highest BCUT2D eigenvalue weighted by molar-refractivity contribution is 6.33. The third-order valence-corrected chi connectivity index (χ3v) is 5.46. The van der Waals surface area contributed by atoms with Crippen molar-refractivity contribution in [1.29, 1.82) is 0 Å². The van der Waals surface area contributed by atoms with Crippen LogP contribution in [0.4, 0.5) is 11.6 Å². The van der Waals surface area contributed by atoms with Crippen LogP contribution in [0.5, 0.6) is 0 Å². The van der Waals surface area contributed by atoms with Gasteiger partial charge >= 0.3 is 0 Å². The van der Waals surface area contributed by atoms with E-state index in [1.165, 1.54) is 11.8 Å². The van der Waals surface area contributed by atoms with Gasteiger partial charge in [-0.3, -0.25) is 4.79 Å². The van der Waals surface area contributed by atoms with Crippen LogP contribution in [0, 0.1) is 0 Å². The molecule has 28 heavy (non-hydrogen) atoms. The van der Waals surface area contributed by atoms with Crippen LogP contribution in [-0.4, -0.2) is 29.5 Å². The minimum absolute atomic E-state index is 0.449. The van der Waals surface area contributed by atoms with Gasteiger partial charge in [0, 0.05) is 24.8 Å². The zero-order valence-corrected chi connectivity index (χ0v) is 16.1. The predicted molar refractivity (Wildman–Crippen MR) is 113 cm³/mol. The van der Waals surface area contributed by atoms with Gasteiger partial charge in [0.2, 0.25) is 6.41 Å². The zero-order chi connectivity index (χ0) is 19.3. The lowest BCUT2D eigenvalue weighted by Gasteiger charge is -2.33. The molecular formula is C22H21ClN4O. The number of carbonyl (C=O) groups is 1. The number of nitrogens with one attached hydrogen (secondary N) is 1. The van der Waals surface area contributed by atoms with E-state index in [0.717, 1.165) is 43.0 Å². The molecule has 2 aromatic heterocycles. The molecule has 0 bridgehead atoms. The molecular weight excluding hydrogens is 372 g/mol. The Labute approximate surface area is 169 Å². The standard InChI is InChI=1S/C22H21ClN4O/c23-19-14-24-21(25-15-28)13-18(19)20-7-4-8-22(26-20)27-11-9-17(10-12-27)16-5-2-1-3-6-16/h1-8,13-15,17H,9-12H2,(H,24,25,28). The molecule has 4 rings (SSSR count). The average Bonchev–Trinajstić information content (AvgIpc) is 2.76. The maximum Gasteiger partial charge on any atom is 0.212 e. The summed E-state index contributed by atoms with van der Waals surface area (Å²) in [5.74, 6) is 2.00. The number of benzene rings is 1. The van der Waals surface area contributed by atoms with Crippen molar-refractivity contribution in [3.63, 3.8) is 0 Å². The van der Waals surface area contributed by atoms with Crippen LogP contribution in [0.1, 0.15) is 24.3 Å². The second-order valence-corrected chi connectivity index (χ2v) is 7.27. The first-order valence-corrected chi connectivity index (χ1v) is 9.75. The van der Waals surface area contributed by atoms with Gasteiger partial charge in [-0.05, 0) is 42.5 Å². The number of hydrogen-bond acceptors (Lipinski definition) is 4. The van der Waals surface area contributed by atoms with Gasteiger partial charge in [-0.2, -0.15) is 0 Å². The molecule has 3 aromatic rings. The van der Waals surface area contributed by atoms with Crippen LogP contribution in [0.2, 0.25) is 5.02 Å². The fourth-order valence-electron chi connectivity index (χ4n) is 3.69. The van der Waals surface area contributed by atoms with Gasteiger partial charge in [0.05, 0.1) is 10.7 Å². The molecule has 142 valence electrons. The van der Waals surface area contributed by atoms with Crippen LogP contribution >= 0.6 is 11.6 Å². The molecule has 0 radical (unpaired) electrons. The van der Waals surface area contributed by atoms with Crippen molar-refractivity contribution >= 4 is 29.6 Å². The van der Waals surface area contributed by atoms with Crippen molar-refractivity contribution in [2.45, 2.75) is 18.8 Å². The molecule has 3 heterocycles. The van der Waals surface area contributed by atoms with Gasteiger partial charge in [0.25, 0.3) is 0 Å².